The number of pyridine rings is 1. The smallest absolute Gasteiger partial charge is 0.238 e. The molecule has 1 aliphatic heterocycles. The number of hydrogen-bond donors (Lipinski definition) is 3. The summed E-state index contributed by atoms with van der Waals surface area (Å²) < 4.78 is 30.4. The van der Waals surface area contributed by atoms with E-state index in [1.54, 1.807) is 23.0 Å². The molecule has 28 heavy (non-hydrogen) atoms. The topological polar surface area (TPSA) is 124 Å². The van der Waals surface area contributed by atoms with Gasteiger partial charge in [-0.2, -0.15) is 5.10 Å². The van der Waals surface area contributed by atoms with Gasteiger partial charge >= 0.3 is 0 Å². The third-order valence-electron chi connectivity index (χ3n) is 4.72. The first-order chi connectivity index (χ1) is 13.4. The number of anilines is 1. The van der Waals surface area contributed by atoms with Crippen LogP contribution in [-0.2, 0) is 28.4 Å². The molecule has 148 valence electrons. The Morgan fingerprint density at radius 1 is 1.32 bits per heavy atom. The normalized spacial score (nSPS) is 17.7. The third kappa shape index (κ3) is 3.72. The fourth-order valence-corrected chi connectivity index (χ4v) is 3.83. The molecule has 1 aliphatic rings. The van der Waals surface area contributed by atoms with E-state index in [2.05, 4.69) is 20.7 Å². The Morgan fingerprint density at radius 2 is 2.11 bits per heavy atom. The van der Waals surface area contributed by atoms with Crippen LogP contribution in [0.4, 0.5) is 5.69 Å². The first kappa shape index (κ1) is 18.8. The minimum atomic E-state index is -3.69. The van der Waals surface area contributed by atoms with Crippen LogP contribution in [-0.4, -0.2) is 42.9 Å². The van der Waals surface area contributed by atoms with Gasteiger partial charge in [0.15, 0.2) is 5.65 Å². The molecule has 0 aliphatic carbocycles. The summed E-state index contributed by atoms with van der Waals surface area (Å²) in [5.41, 5.74) is 3.46. The van der Waals surface area contributed by atoms with Gasteiger partial charge in [0, 0.05) is 38.6 Å². The number of nitrogens with one attached hydrogen (secondary N) is 2. The van der Waals surface area contributed by atoms with E-state index < -0.39 is 10.0 Å². The number of nitrogens with zero attached hydrogens (tertiary/aromatic N) is 3. The lowest BCUT2D eigenvalue weighted by Gasteiger charge is -2.22. The predicted octanol–water partition coefficient (Wildman–Crippen LogP) is 0.889. The van der Waals surface area contributed by atoms with Crippen molar-refractivity contribution >= 4 is 26.7 Å². The molecule has 1 unspecified atom stereocenters. The number of primary sulfonamides is 1. The fourth-order valence-electron chi connectivity index (χ4n) is 3.32. The van der Waals surface area contributed by atoms with Gasteiger partial charge in [-0.15, -0.1) is 0 Å². The van der Waals surface area contributed by atoms with Crippen LogP contribution in [0.3, 0.4) is 0 Å². The van der Waals surface area contributed by atoms with Crippen LogP contribution in [0, 0.1) is 0 Å². The van der Waals surface area contributed by atoms with Crippen molar-refractivity contribution in [3.8, 4) is 0 Å². The number of sulfonamides is 1. The Labute approximate surface area is 162 Å². The predicted molar refractivity (Wildman–Crippen MR) is 105 cm³/mol. The zero-order valence-electron chi connectivity index (χ0n) is 15.4. The van der Waals surface area contributed by atoms with Crippen LogP contribution in [0.5, 0.6) is 0 Å². The van der Waals surface area contributed by atoms with E-state index in [-0.39, 0.29) is 11.0 Å². The number of aryl methyl sites for hydroxylation is 1. The Morgan fingerprint density at radius 3 is 2.79 bits per heavy atom. The van der Waals surface area contributed by atoms with Crippen molar-refractivity contribution in [3.05, 3.63) is 47.8 Å². The largest absolute Gasteiger partial charge is 0.380 e. The molecular formula is C18H22N6O3S. The standard InChI is InChI=1S/C18H22N6O3S/c1-24-18-16(17(23-24)15-11-20-8-9-27-15)14(6-7-21-18)22-10-12-2-4-13(5-3-12)28(19,25)26/h2-7,15,20H,8-11H2,1H3,(H,21,22)(H2,19,25,26). The quantitative estimate of drug-likeness (QED) is 0.579. The van der Waals surface area contributed by atoms with Gasteiger partial charge in [-0.3, -0.25) is 4.68 Å². The molecule has 4 rings (SSSR count). The van der Waals surface area contributed by atoms with Crippen LogP contribution in [0.25, 0.3) is 11.0 Å². The lowest BCUT2D eigenvalue weighted by molar-refractivity contribution is 0.0256. The summed E-state index contributed by atoms with van der Waals surface area (Å²) in [6.07, 6.45) is 1.61. The zero-order chi connectivity index (χ0) is 19.7. The average Bonchev–Trinajstić information content (AvgIpc) is 3.04. The van der Waals surface area contributed by atoms with Crippen LogP contribution in [0.15, 0.2) is 41.4 Å². The number of nitrogens with two attached hydrogens (primary N) is 1. The number of hydrogen-bond acceptors (Lipinski definition) is 7. The van der Waals surface area contributed by atoms with Gasteiger partial charge in [0.25, 0.3) is 0 Å². The second kappa shape index (κ2) is 7.47. The van der Waals surface area contributed by atoms with Gasteiger partial charge in [-0.1, -0.05) is 12.1 Å². The molecule has 0 spiro atoms. The molecule has 1 aromatic carbocycles. The molecule has 1 fully saturated rings. The van der Waals surface area contributed by atoms with E-state index in [0.29, 0.717) is 19.7 Å². The maximum atomic E-state index is 11.4. The highest BCUT2D eigenvalue weighted by atomic mass is 32.2. The summed E-state index contributed by atoms with van der Waals surface area (Å²) >= 11 is 0. The van der Waals surface area contributed by atoms with Gasteiger partial charge in [0.1, 0.15) is 11.8 Å². The van der Waals surface area contributed by atoms with Crippen LogP contribution >= 0.6 is 0 Å². The Bertz CT molecular complexity index is 1090. The van der Waals surface area contributed by atoms with E-state index in [0.717, 1.165) is 34.5 Å². The molecule has 0 amide bonds. The van der Waals surface area contributed by atoms with Crippen molar-refractivity contribution in [3.63, 3.8) is 0 Å². The lowest BCUT2D eigenvalue weighted by atomic mass is 10.1. The van der Waals surface area contributed by atoms with E-state index in [4.69, 9.17) is 9.88 Å². The summed E-state index contributed by atoms with van der Waals surface area (Å²) in [7, 11) is -1.82. The molecule has 9 nitrogen and oxygen atoms in total. The Hall–Kier alpha value is -2.53. The van der Waals surface area contributed by atoms with Crippen molar-refractivity contribution < 1.29 is 13.2 Å². The molecule has 3 aromatic rings. The van der Waals surface area contributed by atoms with Crippen molar-refractivity contribution in [2.45, 2.75) is 17.5 Å². The van der Waals surface area contributed by atoms with Gasteiger partial charge in [0.2, 0.25) is 10.0 Å². The van der Waals surface area contributed by atoms with Crippen LogP contribution in [0.2, 0.25) is 0 Å². The second-order valence-corrected chi connectivity index (χ2v) is 8.23. The molecule has 0 bridgehead atoms. The van der Waals surface area contributed by atoms with Crippen molar-refractivity contribution in [1.82, 2.24) is 20.1 Å². The number of fused-ring (bicyclic) bond motifs is 1. The minimum absolute atomic E-state index is 0.0963. The number of rotatable bonds is 5. The van der Waals surface area contributed by atoms with Crippen molar-refractivity contribution in [1.29, 1.82) is 0 Å². The monoisotopic (exact) mass is 402 g/mol. The summed E-state index contributed by atoms with van der Waals surface area (Å²) in [6, 6.07) is 8.40. The van der Waals surface area contributed by atoms with Gasteiger partial charge in [0.05, 0.1) is 16.9 Å². The highest BCUT2D eigenvalue weighted by Gasteiger charge is 2.24. The van der Waals surface area contributed by atoms with Crippen molar-refractivity contribution in [2.75, 3.05) is 25.0 Å². The number of aromatic nitrogens is 3. The summed E-state index contributed by atoms with van der Waals surface area (Å²) in [5.74, 6) is 0. The highest BCUT2D eigenvalue weighted by molar-refractivity contribution is 7.89. The average molecular weight is 402 g/mol. The molecule has 4 N–H and O–H groups in total. The van der Waals surface area contributed by atoms with E-state index in [9.17, 15) is 8.42 Å². The van der Waals surface area contributed by atoms with E-state index in [1.807, 2.05) is 13.1 Å². The summed E-state index contributed by atoms with van der Waals surface area (Å²) in [6.45, 7) is 2.69. The van der Waals surface area contributed by atoms with Crippen LogP contribution < -0.4 is 15.8 Å². The van der Waals surface area contributed by atoms with E-state index in [1.165, 1.54) is 12.1 Å². The molecule has 10 heteroatoms. The molecule has 3 heterocycles. The minimum Gasteiger partial charge on any atom is -0.380 e. The second-order valence-electron chi connectivity index (χ2n) is 6.67. The van der Waals surface area contributed by atoms with Crippen LogP contribution in [0.1, 0.15) is 17.4 Å². The number of benzene rings is 1. The molecule has 1 atom stereocenters. The number of morpholine rings is 1. The summed E-state index contributed by atoms with van der Waals surface area (Å²) in [4.78, 5) is 4.55. The third-order valence-corrected chi connectivity index (χ3v) is 5.65. The maximum Gasteiger partial charge on any atom is 0.238 e. The molecule has 2 aromatic heterocycles. The van der Waals surface area contributed by atoms with Gasteiger partial charge in [-0.25, -0.2) is 18.5 Å². The molecular weight excluding hydrogens is 380 g/mol. The van der Waals surface area contributed by atoms with Gasteiger partial charge in [-0.05, 0) is 23.8 Å². The molecule has 1 saturated heterocycles. The maximum absolute atomic E-state index is 11.4. The Balaban J connectivity index is 1.61. The fraction of sp³-hybridized carbons (Fsp3) is 0.333. The number of ether oxygens (including phenoxy) is 1. The summed E-state index contributed by atoms with van der Waals surface area (Å²) in [5, 5.41) is 17.4. The SMILES string of the molecule is Cn1nc(C2CNCCO2)c2c(NCc3ccc(S(N)(=O)=O)cc3)ccnc21. The first-order valence-corrected chi connectivity index (χ1v) is 10.5. The molecule has 0 saturated carbocycles. The highest BCUT2D eigenvalue weighted by Crippen LogP contribution is 2.31. The van der Waals surface area contributed by atoms with Crippen molar-refractivity contribution in [2.24, 2.45) is 12.2 Å². The van der Waals surface area contributed by atoms with Gasteiger partial charge < -0.3 is 15.4 Å². The lowest BCUT2D eigenvalue weighted by Crippen LogP contribution is -2.33. The first-order valence-electron chi connectivity index (χ1n) is 8.93. The Kier molecular flexibility index (Phi) is 5.02. The van der Waals surface area contributed by atoms with E-state index >= 15 is 0 Å². The molecule has 0 radical (unpaired) electrons. The zero-order valence-corrected chi connectivity index (χ0v) is 16.2.